The van der Waals surface area contributed by atoms with Crippen LogP contribution in [0.1, 0.15) is 35.2 Å². The number of esters is 2. The van der Waals surface area contributed by atoms with Crippen LogP contribution in [0.3, 0.4) is 0 Å². The number of carbonyl (C=O) groups excluding carboxylic acids is 2. The highest BCUT2D eigenvalue weighted by molar-refractivity contribution is 5.97. The molecule has 0 bridgehead atoms. The van der Waals surface area contributed by atoms with Gasteiger partial charge in [0.05, 0.1) is 19.8 Å². The van der Waals surface area contributed by atoms with Crippen molar-refractivity contribution in [3.63, 3.8) is 0 Å². The molecule has 2 aromatic rings. The molecule has 0 aliphatic carbocycles. The molecule has 4 N–H and O–H groups in total. The van der Waals surface area contributed by atoms with E-state index in [9.17, 15) is 9.59 Å². The van der Waals surface area contributed by atoms with Crippen molar-refractivity contribution >= 4 is 23.5 Å². The van der Waals surface area contributed by atoms with E-state index in [0.29, 0.717) is 23.6 Å². The molecule has 0 unspecified atom stereocenters. The first-order valence-electron chi connectivity index (χ1n) is 11.1. The molecule has 1 fully saturated rings. The molecular formula is C25H32N4O4. The Balaban J connectivity index is 1.99. The van der Waals surface area contributed by atoms with Gasteiger partial charge in [0.25, 0.3) is 0 Å². The van der Waals surface area contributed by atoms with E-state index in [4.69, 9.17) is 20.6 Å². The lowest BCUT2D eigenvalue weighted by atomic mass is 9.94. The lowest BCUT2D eigenvalue weighted by molar-refractivity contribution is -0.138. The Morgan fingerprint density at radius 1 is 1.06 bits per heavy atom. The first-order valence-corrected chi connectivity index (χ1v) is 11.1. The number of benzene rings is 2. The SMILES string of the molecule is COC(=O)CN(CCC1CCNCC1)c1cc(C(=O)OC)cc(-c2cccc(C(=N)N)c2)c1. The second kappa shape index (κ2) is 11.5. The summed E-state index contributed by atoms with van der Waals surface area (Å²) in [6.45, 7) is 2.77. The third kappa shape index (κ3) is 6.55. The molecule has 1 aliphatic rings. The molecule has 0 spiro atoms. The lowest BCUT2D eigenvalue weighted by Gasteiger charge is -2.29. The van der Waals surface area contributed by atoms with E-state index in [-0.39, 0.29) is 18.3 Å². The molecule has 0 atom stereocenters. The van der Waals surface area contributed by atoms with Crippen molar-refractivity contribution in [1.82, 2.24) is 5.32 Å². The van der Waals surface area contributed by atoms with Gasteiger partial charge < -0.3 is 25.4 Å². The predicted molar refractivity (Wildman–Crippen MR) is 129 cm³/mol. The summed E-state index contributed by atoms with van der Waals surface area (Å²) in [6, 6.07) is 12.7. The number of nitrogen functional groups attached to an aromatic ring is 1. The summed E-state index contributed by atoms with van der Waals surface area (Å²) in [5.74, 6) is -0.251. The summed E-state index contributed by atoms with van der Waals surface area (Å²) in [5.41, 5.74) is 8.96. The Morgan fingerprint density at radius 3 is 2.45 bits per heavy atom. The van der Waals surface area contributed by atoms with Crippen molar-refractivity contribution in [2.75, 3.05) is 45.3 Å². The molecule has 1 saturated heterocycles. The van der Waals surface area contributed by atoms with Gasteiger partial charge in [0, 0.05) is 17.8 Å². The summed E-state index contributed by atoms with van der Waals surface area (Å²) in [4.78, 5) is 26.6. The Labute approximate surface area is 194 Å². The fourth-order valence-electron chi connectivity index (χ4n) is 4.09. The Morgan fingerprint density at radius 2 is 1.79 bits per heavy atom. The van der Waals surface area contributed by atoms with Crippen LogP contribution in [-0.4, -0.2) is 58.2 Å². The molecular weight excluding hydrogens is 420 g/mol. The Bertz CT molecular complexity index is 1000. The summed E-state index contributed by atoms with van der Waals surface area (Å²) in [6.07, 6.45) is 3.16. The number of rotatable bonds is 9. The third-order valence-electron chi connectivity index (χ3n) is 6.02. The van der Waals surface area contributed by atoms with Gasteiger partial charge in [0.1, 0.15) is 12.4 Å². The number of amidine groups is 1. The molecule has 8 heteroatoms. The number of anilines is 1. The number of nitrogens with one attached hydrogen (secondary N) is 2. The number of methoxy groups -OCH3 is 2. The zero-order valence-corrected chi connectivity index (χ0v) is 19.2. The molecule has 8 nitrogen and oxygen atoms in total. The second-order valence-corrected chi connectivity index (χ2v) is 8.23. The normalized spacial score (nSPS) is 13.9. The first-order chi connectivity index (χ1) is 15.9. The predicted octanol–water partition coefficient (Wildman–Crippen LogP) is 2.79. The highest BCUT2D eigenvalue weighted by atomic mass is 16.5. The number of hydrogen-bond donors (Lipinski definition) is 3. The molecule has 1 aliphatic heterocycles. The van der Waals surface area contributed by atoms with Crippen LogP contribution in [0.5, 0.6) is 0 Å². The van der Waals surface area contributed by atoms with E-state index in [1.165, 1.54) is 14.2 Å². The quantitative estimate of drug-likeness (QED) is 0.304. The summed E-state index contributed by atoms with van der Waals surface area (Å²) in [7, 11) is 2.71. The maximum Gasteiger partial charge on any atom is 0.337 e. The van der Waals surface area contributed by atoms with Crippen LogP contribution in [0.4, 0.5) is 5.69 Å². The largest absolute Gasteiger partial charge is 0.468 e. The van der Waals surface area contributed by atoms with Crippen LogP contribution in [0.15, 0.2) is 42.5 Å². The van der Waals surface area contributed by atoms with Crippen molar-refractivity contribution in [2.24, 2.45) is 11.7 Å². The van der Waals surface area contributed by atoms with E-state index >= 15 is 0 Å². The fraction of sp³-hybridized carbons (Fsp3) is 0.400. The van der Waals surface area contributed by atoms with Crippen LogP contribution in [0.25, 0.3) is 11.1 Å². The zero-order valence-electron chi connectivity index (χ0n) is 19.2. The maximum absolute atomic E-state index is 12.4. The standard InChI is InChI=1S/C25H32N4O4/c1-32-23(30)16-29(11-8-17-6-9-28-10-7-17)22-14-20(13-21(15-22)25(31)33-2)18-4-3-5-19(12-18)24(26)27/h3-5,12-15,17,28H,6-11,16H2,1-2H3,(H3,26,27). The molecule has 3 rings (SSSR count). The maximum atomic E-state index is 12.4. The van der Waals surface area contributed by atoms with Crippen molar-refractivity contribution in [1.29, 1.82) is 5.41 Å². The summed E-state index contributed by atoms with van der Waals surface area (Å²) < 4.78 is 9.90. The summed E-state index contributed by atoms with van der Waals surface area (Å²) >= 11 is 0. The molecule has 0 amide bonds. The highest BCUT2D eigenvalue weighted by Gasteiger charge is 2.20. The zero-order chi connectivity index (χ0) is 23.8. The molecule has 33 heavy (non-hydrogen) atoms. The van der Waals surface area contributed by atoms with Crippen molar-refractivity contribution in [2.45, 2.75) is 19.3 Å². The molecule has 176 valence electrons. The van der Waals surface area contributed by atoms with Gasteiger partial charge in [-0.1, -0.05) is 18.2 Å². The first kappa shape index (κ1) is 24.3. The average molecular weight is 453 g/mol. The van der Waals surface area contributed by atoms with Crippen LogP contribution in [-0.2, 0) is 14.3 Å². The van der Waals surface area contributed by atoms with Crippen LogP contribution >= 0.6 is 0 Å². The minimum Gasteiger partial charge on any atom is -0.468 e. The number of hydrogen-bond acceptors (Lipinski definition) is 7. The van der Waals surface area contributed by atoms with Gasteiger partial charge in [-0.2, -0.15) is 0 Å². The van der Waals surface area contributed by atoms with Gasteiger partial charge in [0.2, 0.25) is 0 Å². The molecule has 0 radical (unpaired) electrons. The smallest absolute Gasteiger partial charge is 0.337 e. The number of carbonyl (C=O) groups is 2. The van der Waals surface area contributed by atoms with Gasteiger partial charge in [-0.05, 0) is 73.7 Å². The number of nitrogens with two attached hydrogens (primary N) is 1. The van der Waals surface area contributed by atoms with Crippen molar-refractivity contribution in [3.8, 4) is 11.1 Å². The van der Waals surface area contributed by atoms with Crippen LogP contribution in [0.2, 0.25) is 0 Å². The van der Waals surface area contributed by atoms with E-state index in [2.05, 4.69) is 5.32 Å². The molecule has 1 heterocycles. The van der Waals surface area contributed by atoms with Crippen molar-refractivity contribution < 1.29 is 19.1 Å². The Kier molecular flexibility index (Phi) is 8.43. The van der Waals surface area contributed by atoms with E-state index in [0.717, 1.165) is 49.2 Å². The van der Waals surface area contributed by atoms with Crippen LogP contribution < -0.4 is 16.0 Å². The minimum atomic E-state index is -0.461. The van der Waals surface area contributed by atoms with Gasteiger partial charge in [-0.25, -0.2) is 4.79 Å². The number of ether oxygens (including phenoxy) is 2. The van der Waals surface area contributed by atoms with Gasteiger partial charge in [-0.15, -0.1) is 0 Å². The fourth-order valence-corrected chi connectivity index (χ4v) is 4.09. The van der Waals surface area contributed by atoms with E-state index < -0.39 is 5.97 Å². The lowest BCUT2D eigenvalue weighted by Crippen LogP contribution is -2.34. The van der Waals surface area contributed by atoms with E-state index in [1.807, 2.05) is 29.2 Å². The van der Waals surface area contributed by atoms with Gasteiger partial charge >= 0.3 is 11.9 Å². The number of piperidine rings is 1. The number of nitrogens with zero attached hydrogens (tertiary/aromatic N) is 1. The average Bonchev–Trinajstić information content (AvgIpc) is 2.86. The third-order valence-corrected chi connectivity index (χ3v) is 6.02. The van der Waals surface area contributed by atoms with Crippen molar-refractivity contribution in [3.05, 3.63) is 53.6 Å². The summed E-state index contributed by atoms with van der Waals surface area (Å²) in [5, 5.41) is 11.1. The molecule has 0 aromatic heterocycles. The highest BCUT2D eigenvalue weighted by Crippen LogP contribution is 2.29. The topological polar surface area (TPSA) is 118 Å². The van der Waals surface area contributed by atoms with E-state index in [1.54, 1.807) is 18.2 Å². The Hall–Kier alpha value is -3.39. The molecule has 2 aromatic carbocycles. The van der Waals surface area contributed by atoms with Gasteiger partial charge in [-0.3, -0.25) is 10.2 Å². The van der Waals surface area contributed by atoms with Crippen LogP contribution in [0, 0.1) is 11.3 Å². The van der Waals surface area contributed by atoms with Gasteiger partial charge in [0.15, 0.2) is 0 Å². The second-order valence-electron chi connectivity index (χ2n) is 8.23. The monoisotopic (exact) mass is 452 g/mol. The molecule has 0 saturated carbocycles. The minimum absolute atomic E-state index is 0.0320.